The van der Waals surface area contributed by atoms with Gasteiger partial charge in [-0.05, 0) is 90.9 Å². The second-order valence-electron chi connectivity index (χ2n) is 12.4. The second kappa shape index (κ2) is 8.38. The molecule has 0 spiro atoms. The number of aliphatic hydroxyl groups is 1. The van der Waals surface area contributed by atoms with E-state index < -0.39 is 0 Å². The molecule has 2 nitrogen and oxygen atoms in total. The molecule has 4 aliphatic rings. The van der Waals surface area contributed by atoms with Gasteiger partial charge < -0.3 is 5.11 Å². The van der Waals surface area contributed by atoms with Crippen molar-refractivity contribution in [2.45, 2.75) is 98.8 Å². The molecule has 4 rings (SSSR count). The van der Waals surface area contributed by atoms with Crippen molar-refractivity contribution in [3.8, 4) is 0 Å². The first-order chi connectivity index (χ1) is 14.2. The molecule has 0 aromatic heterocycles. The fraction of sp³-hybridized carbons (Fsp3) is 0.893. The Morgan fingerprint density at radius 3 is 2.37 bits per heavy atom. The summed E-state index contributed by atoms with van der Waals surface area (Å²) >= 11 is 0. The number of rotatable bonds is 6. The molecule has 0 heterocycles. The summed E-state index contributed by atoms with van der Waals surface area (Å²) < 4.78 is 0. The maximum atomic E-state index is 13.2. The summed E-state index contributed by atoms with van der Waals surface area (Å²) in [6.07, 6.45) is 14.9. The molecule has 9 atom stereocenters. The largest absolute Gasteiger partial charge is 0.396 e. The van der Waals surface area contributed by atoms with Crippen molar-refractivity contribution in [3.63, 3.8) is 0 Å². The Hall–Kier alpha value is -0.630. The Morgan fingerprint density at radius 1 is 0.900 bits per heavy atom. The minimum atomic E-state index is 0.236. The summed E-state index contributed by atoms with van der Waals surface area (Å²) in [5.74, 6) is 4.60. The molecular weight excluding hydrogens is 368 g/mol. The van der Waals surface area contributed by atoms with Gasteiger partial charge in [0.15, 0.2) is 5.78 Å². The third-order valence-corrected chi connectivity index (χ3v) is 10.9. The van der Waals surface area contributed by atoms with Crippen molar-refractivity contribution < 1.29 is 9.90 Å². The molecule has 170 valence electrons. The van der Waals surface area contributed by atoms with Crippen LogP contribution < -0.4 is 0 Å². The van der Waals surface area contributed by atoms with Crippen LogP contribution in [-0.4, -0.2) is 17.5 Å². The van der Waals surface area contributed by atoms with Crippen molar-refractivity contribution in [2.24, 2.45) is 52.3 Å². The molecule has 0 radical (unpaired) electrons. The Kier molecular flexibility index (Phi) is 6.30. The van der Waals surface area contributed by atoms with Gasteiger partial charge in [-0.1, -0.05) is 65.9 Å². The van der Waals surface area contributed by atoms with Crippen LogP contribution in [0.4, 0.5) is 0 Å². The first-order valence-electron chi connectivity index (χ1n) is 13.1. The molecule has 30 heavy (non-hydrogen) atoms. The first kappa shape index (κ1) is 22.6. The smallest absolute Gasteiger partial charge is 0.159 e. The summed E-state index contributed by atoms with van der Waals surface area (Å²) in [7, 11) is 0. The van der Waals surface area contributed by atoms with E-state index in [0.29, 0.717) is 47.4 Å². The Morgan fingerprint density at radius 2 is 1.63 bits per heavy atom. The van der Waals surface area contributed by atoms with Gasteiger partial charge in [-0.15, -0.1) is 0 Å². The zero-order valence-corrected chi connectivity index (χ0v) is 20.3. The van der Waals surface area contributed by atoms with E-state index in [9.17, 15) is 9.90 Å². The van der Waals surface area contributed by atoms with E-state index >= 15 is 0 Å². The highest BCUT2D eigenvalue weighted by Crippen LogP contribution is 2.66. The topological polar surface area (TPSA) is 37.3 Å². The molecule has 1 N–H and O–H groups in total. The third-order valence-electron chi connectivity index (χ3n) is 10.9. The molecule has 3 saturated carbocycles. The predicted molar refractivity (Wildman–Crippen MR) is 124 cm³/mol. The molecule has 2 unspecified atom stereocenters. The zero-order valence-electron chi connectivity index (χ0n) is 20.3. The van der Waals surface area contributed by atoms with Crippen LogP contribution in [0.3, 0.4) is 0 Å². The van der Waals surface area contributed by atoms with Crippen molar-refractivity contribution in [1.29, 1.82) is 0 Å². The van der Waals surface area contributed by atoms with Crippen molar-refractivity contribution in [2.75, 3.05) is 6.61 Å². The highest BCUT2D eigenvalue weighted by Gasteiger charge is 2.59. The predicted octanol–water partition coefficient (Wildman–Crippen LogP) is 6.82. The second-order valence-corrected chi connectivity index (χ2v) is 12.4. The van der Waals surface area contributed by atoms with Gasteiger partial charge in [0, 0.05) is 12.5 Å². The van der Waals surface area contributed by atoms with Gasteiger partial charge in [0.2, 0.25) is 0 Å². The van der Waals surface area contributed by atoms with Gasteiger partial charge in [-0.2, -0.15) is 0 Å². The molecule has 0 aromatic carbocycles. The monoisotopic (exact) mass is 414 g/mol. The highest BCUT2D eigenvalue weighted by molar-refractivity contribution is 5.94. The lowest BCUT2D eigenvalue weighted by Crippen LogP contribution is -2.51. The molecule has 0 bridgehead atoms. The van der Waals surface area contributed by atoms with Gasteiger partial charge in [-0.25, -0.2) is 0 Å². The normalized spacial score (nSPS) is 43.8. The van der Waals surface area contributed by atoms with E-state index in [1.807, 2.05) is 0 Å². The van der Waals surface area contributed by atoms with Crippen molar-refractivity contribution in [1.82, 2.24) is 0 Å². The Bertz CT molecular complexity index is 680. The van der Waals surface area contributed by atoms with E-state index in [-0.39, 0.29) is 5.41 Å². The number of hydrogen-bond donors (Lipinski definition) is 1. The summed E-state index contributed by atoms with van der Waals surface area (Å²) in [5.41, 5.74) is 2.19. The van der Waals surface area contributed by atoms with E-state index in [1.165, 1.54) is 57.8 Å². The van der Waals surface area contributed by atoms with E-state index in [0.717, 1.165) is 18.3 Å². The summed E-state index contributed by atoms with van der Waals surface area (Å²) in [6.45, 7) is 12.3. The van der Waals surface area contributed by atoms with Gasteiger partial charge in [0.05, 0.1) is 0 Å². The minimum Gasteiger partial charge on any atom is -0.396 e. The van der Waals surface area contributed by atoms with Crippen LogP contribution in [0.5, 0.6) is 0 Å². The van der Waals surface area contributed by atoms with Crippen LogP contribution in [0, 0.1) is 52.3 Å². The molecule has 4 aliphatic carbocycles. The number of carbonyl (C=O) groups is 1. The Balaban J connectivity index is 1.51. The quantitative estimate of drug-likeness (QED) is 0.518. The fourth-order valence-corrected chi connectivity index (χ4v) is 8.58. The van der Waals surface area contributed by atoms with Crippen molar-refractivity contribution >= 4 is 5.78 Å². The SMILES string of the molecule is CC(CO)C(C)CC[C@@H](C)[C@H]1CC[C@H]2C3=CC(=O)[C@H]4CCCC[C@]4(C)[C@H]3CC[C@]12C. The third kappa shape index (κ3) is 3.54. The van der Waals surface area contributed by atoms with Crippen LogP contribution >= 0.6 is 0 Å². The standard InChI is InChI=1S/C28H46O2/c1-18(20(3)17-29)9-10-19(2)22-11-12-23-21-16-26(30)25-8-6-7-14-27(25,4)24(21)13-15-28(22,23)5/h16,18-20,22-25,29H,6-15,17H2,1-5H3/t18?,19-,20?,22-,23+,24+,25-,27-,28-/m1/s1. The maximum Gasteiger partial charge on any atom is 0.159 e. The number of ketones is 1. The van der Waals surface area contributed by atoms with Crippen LogP contribution in [0.1, 0.15) is 98.8 Å². The average molecular weight is 415 g/mol. The zero-order chi connectivity index (χ0) is 21.7. The lowest BCUT2D eigenvalue weighted by Gasteiger charge is -2.56. The molecule has 0 aliphatic heterocycles. The van der Waals surface area contributed by atoms with E-state index in [4.69, 9.17) is 0 Å². The molecule has 3 fully saturated rings. The summed E-state index contributed by atoms with van der Waals surface area (Å²) in [4.78, 5) is 13.2. The van der Waals surface area contributed by atoms with Gasteiger partial charge in [0.25, 0.3) is 0 Å². The molecule has 0 amide bonds. The van der Waals surface area contributed by atoms with Crippen LogP contribution in [0.2, 0.25) is 0 Å². The van der Waals surface area contributed by atoms with Gasteiger partial charge in [0.1, 0.15) is 0 Å². The molecular formula is C28H46O2. The number of fused-ring (bicyclic) bond motifs is 5. The molecule has 0 saturated heterocycles. The van der Waals surface area contributed by atoms with Crippen LogP contribution in [0.15, 0.2) is 11.6 Å². The van der Waals surface area contributed by atoms with Crippen molar-refractivity contribution in [3.05, 3.63) is 11.6 Å². The Labute approximate surface area is 185 Å². The van der Waals surface area contributed by atoms with E-state index in [2.05, 4.69) is 40.7 Å². The lowest BCUT2D eigenvalue weighted by molar-refractivity contribution is -0.128. The van der Waals surface area contributed by atoms with Crippen LogP contribution in [-0.2, 0) is 4.79 Å². The first-order valence-corrected chi connectivity index (χ1v) is 13.1. The van der Waals surface area contributed by atoms with E-state index in [1.54, 1.807) is 5.57 Å². The molecule has 0 aromatic rings. The summed E-state index contributed by atoms with van der Waals surface area (Å²) in [6, 6.07) is 0. The minimum absolute atomic E-state index is 0.236. The number of allylic oxidation sites excluding steroid dienone is 2. The van der Waals surface area contributed by atoms with Gasteiger partial charge in [-0.3, -0.25) is 4.79 Å². The highest BCUT2D eigenvalue weighted by atomic mass is 16.3. The maximum absolute atomic E-state index is 13.2. The number of hydrogen-bond acceptors (Lipinski definition) is 2. The fourth-order valence-electron chi connectivity index (χ4n) is 8.58. The average Bonchev–Trinajstić information content (AvgIpc) is 3.08. The lowest BCUT2D eigenvalue weighted by atomic mass is 9.47. The molecule has 2 heteroatoms. The number of aliphatic hydroxyl groups excluding tert-OH is 1. The van der Waals surface area contributed by atoms with Gasteiger partial charge >= 0.3 is 0 Å². The van der Waals surface area contributed by atoms with Crippen LogP contribution in [0.25, 0.3) is 0 Å². The number of carbonyl (C=O) groups excluding carboxylic acids is 1. The summed E-state index contributed by atoms with van der Waals surface area (Å²) in [5, 5.41) is 9.48.